The number of nitrogens with one attached hydrogen (secondary N) is 1. The molecule has 0 aliphatic heterocycles. The van der Waals surface area contributed by atoms with E-state index >= 15 is 0 Å². The van der Waals surface area contributed by atoms with E-state index in [2.05, 4.69) is 10.1 Å². The number of ether oxygens (including phenoxy) is 4. The summed E-state index contributed by atoms with van der Waals surface area (Å²) in [7, 11) is 2.24. The number of hydrogen-bond acceptors (Lipinski definition) is 9. The molecule has 0 atom stereocenters. The molecule has 2 aromatic rings. The predicted molar refractivity (Wildman–Crippen MR) is 120 cm³/mol. The lowest BCUT2D eigenvalue weighted by Gasteiger charge is -2.20. The van der Waals surface area contributed by atoms with Crippen molar-refractivity contribution in [3.63, 3.8) is 0 Å². The molecule has 2 aromatic carbocycles. The Morgan fingerprint density at radius 3 is 1.91 bits per heavy atom. The second kappa shape index (κ2) is 12.1. The number of amides is 1. The van der Waals surface area contributed by atoms with Crippen LogP contribution in [0.5, 0.6) is 0 Å². The van der Waals surface area contributed by atoms with Gasteiger partial charge in [0.1, 0.15) is 0 Å². The van der Waals surface area contributed by atoms with Crippen LogP contribution in [0.1, 0.15) is 60.8 Å². The zero-order valence-electron chi connectivity index (χ0n) is 19.3. The molecular weight excluding hydrogens is 446 g/mol. The van der Waals surface area contributed by atoms with Crippen molar-refractivity contribution in [3.05, 3.63) is 64.2 Å². The van der Waals surface area contributed by atoms with Gasteiger partial charge in [0.2, 0.25) is 0 Å². The molecule has 0 unspecified atom stereocenters. The monoisotopic (exact) mass is 471 g/mol. The van der Waals surface area contributed by atoms with Crippen LogP contribution in [-0.4, -0.2) is 57.2 Å². The van der Waals surface area contributed by atoms with E-state index in [0.717, 1.165) is 20.3 Å². The van der Waals surface area contributed by atoms with Gasteiger partial charge in [0.05, 0.1) is 56.2 Å². The molecule has 0 radical (unpaired) electrons. The van der Waals surface area contributed by atoms with Crippen LogP contribution in [0, 0.1) is 0 Å². The molecule has 0 saturated carbocycles. The summed E-state index contributed by atoms with van der Waals surface area (Å²) in [5.41, 5.74) is -1.09. The minimum absolute atomic E-state index is 0.0434. The Bertz CT molecular complexity index is 1090. The van der Waals surface area contributed by atoms with Crippen LogP contribution in [0.3, 0.4) is 0 Å². The topological polar surface area (TPSA) is 134 Å². The molecule has 0 fully saturated rings. The van der Waals surface area contributed by atoms with Gasteiger partial charge in [-0.05, 0) is 37.6 Å². The van der Waals surface area contributed by atoms with Crippen molar-refractivity contribution < 1.29 is 42.9 Å². The zero-order valence-corrected chi connectivity index (χ0v) is 19.3. The van der Waals surface area contributed by atoms with Crippen molar-refractivity contribution in [3.8, 4) is 0 Å². The van der Waals surface area contributed by atoms with Crippen molar-refractivity contribution >= 4 is 35.5 Å². The molecule has 0 spiro atoms. The highest BCUT2D eigenvalue weighted by molar-refractivity contribution is 6.15. The van der Waals surface area contributed by atoms with Crippen LogP contribution >= 0.6 is 0 Å². The third-order valence-electron chi connectivity index (χ3n) is 4.63. The minimum Gasteiger partial charge on any atom is -0.469 e. The van der Waals surface area contributed by atoms with E-state index in [0.29, 0.717) is 0 Å². The molecule has 0 aromatic heterocycles. The van der Waals surface area contributed by atoms with E-state index in [1.807, 2.05) is 0 Å². The number of carbonyl (C=O) groups is 5. The number of rotatable bonds is 9. The molecular formula is C24H25NO9. The number of benzene rings is 2. The van der Waals surface area contributed by atoms with Gasteiger partial charge in [-0.2, -0.15) is 0 Å². The highest BCUT2D eigenvalue weighted by Gasteiger charge is 2.33. The molecule has 0 aliphatic rings. The van der Waals surface area contributed by atoms with Gasteiger partial charge in [0, 0.05) is 5.56 Å². The molecule has 0 bridgehead atoms. The molecule has 0 heterocycles. The third kappa shape index (κ3) is 5.97. The van der Waals surface area contributed by atoms with Gasteiger partial charge in [-0.3, -0.25) is 9.59 Å². The van der Waals surface area contributed by atoms with Crippen LogP contribution in [-0.2, 0) is 30.2 Å². The van der Waals surface area contributed by atoms with Crippen LogP contribution in [0.4, 0.5) is 5.69 Å². The fourth-order valence-corrected chi connectivity index (χ4v) is 3.14. The van der Waals surface area contributed by atoms with Crippen LogP contribution < -0.4 is 5.32 Å². The standard InChI is InChI=1S/C24H25NO9/c1-5-33-23(29)19-15(13-18(26)31-3)16(22(28)32-4)12-17(20(19)24(30)34-6-2)25-21(27)14-10-8-7-9-11-14/h7-12H,5-6,13H2,1-4H3,(H,25,27). The second-order valence-corrected chi connectivity index (χ2v) is 6.71. The van der Waals surface area contributed by atoms with Crippen molar-refractivity contribution in [2.75, 3.05) is 32.8 Å². The van der Waals surface area contributed by atoms with E-state index in [4.69, 9.17) is 14.2 Å². The summed E-state index contributed by atoms with van der Waals surface area (Å²) in [4.78, 5) is 63.5. The largest absolute Gasteiger partial charge is 0.469 e. The maximum Gasteiger partial charge on any atom is 0.341 e. The third-order valence-corrected chi connectivity index (χ3v) is 4.63. The molecule has 34 heavy (non-hydrogen) atoms. The molecule has 180 valence electrons. The van der Waals surface area contributed by atoms with Gasteiger partial charge < -0.3 is 24.3 Å². The maximum absolute atomic E-state index is 13.0. The first kappa shape index (κ1) is 26.0. The van der Waals surface area contributed by atoms with E-state index in [-0.39, 0.29) is 41.2 Å². The fraction of sp³-hybridized carbons (Fsp3) is 0.292. The molecule has 2 rings (SSSR count). The van der Waals surface area contributed by atoms with Crippen molar-refractivity contribution in [1.29, 1.82) is 0 Å². The molecule has 0 saturated heterocycles. The number of anilines is 1. The SMILES string of the molecule is CCOC(=O)c1c(NC(=O)c2ccccc2)cc(C(=O)OC)c(CC(=O)OC)c1C(=O)OCC. The van der Waals surface area contributed by atoms with Crippen LogP contribution in [0.2, 0.25) is 0 Å². The minimum atomic E-state index is -0.995. The van der Waals surface area contributed by atoms with E-state index in [9.17, 15) is 24.0 Å². The van der Waals surface area contributed by atoms with Crippen LogP contribution in [0.25, 0.3) is 0 Å². The van der Waals surface area contributed by atoms with Crippen LogP contribution in [0.15, 0.2) is 36.4 Å². The average Bonchev–Trinajstić information content (AvgIpc) is 2.84. The van der Waals surface area contributed by atoms with Crippen molar-refractivity contribution in [2.24, 2.45) is 0 Å². The van der Waals surface area contributed by atoms with Gasteiger partial charge in [-0.1, -0.05) is 18.2 Å². The Labute approximate surface area is 196 Å². The van der Waals surface area contributed by atoms with Gasteiger partial charge in [-0.25, -0.2) is 14.4 Å². The van der Waals surface area contributed by atoms with Gasteiger partial charge in [0.15, 0.2) is 0 Å². The van der Waals surface area contributed by atoms with E-state index < -0.39 is 41.8 Å². The Hall–Kier alpha value is -4.21. The second-order valence-electron chi connectivity index (χ2n) is 6.71. The summed E-state index contributed by atoms with van der Waals surface area (Å²) >= 11 is 0. The number of methoxy groups -OCH3 is 2. The smallest absolute Gasteiger partial charge is 0.341 e. The Morgan fingerprint density at radius 2 is 1.38 bits per heavy atom. The highest BCUT2D eigenvalue weighted by atomic mass is 16.5. The van der Waals surface area contributed by atoms with E-state index in [1.165, 1.54) is 0 Å². The summed E-state index contributed by atoms with van der Waals surface area (Å²) in [6, 6.07) is 9.24. The summed E-state index contributed by atoms with van der Waals surface area (Å²) < 4.78 is 19.7. The molecule has 0 aliphatic carbocycles. The Balaban J connectivity index is 2.88. The Kier molecular flexibility index (Phi) is 9.30. The lowest BCUT2D eigenvalue weighted by molar-refractivity contribution is -0.139. The highest BCUT2D eigenvalue weighted by Crippen LogP contribution is 2.31. The lowest BCUT2D eigenvalue weighted by atomic mass is 9.91. The quantitative estimate of drug-likeness (QED) is 0.433. The summed E-state index contributed by atoms with van der Waals surface area (Å²) in [6.45, 7) is 3.00. The number of hydrogen-bond donors (Lipinski definition) is 1. The zero-order chi connectivity index (χ0) is 25.3. The lowest BCUT2D eigenvalue weighted by Crippen LogP contribution is -2.25. The van der Waals surface area contributed by atoms with E-state index in [1.54, 1.807) is 44.2 Å². The number of carbonyl (C=O) groups excluding carboxylic acids is 5. The molecule has 1 amide bonds. The Morgan fingerprint density at radius 1 is 0.794 bits per heavy atom. The normalized spacial score (nSPS) is 10.1. The first-order chi connectivity index (χ1) is 16.3. The maximum atomic E-state index is 13.0. The van der Waals surface area contributed by atoms with Crippen molar-refractivity contribution in [2.45, 2.75) is 20.3 Å². The first-order valence-electron chi connectivity index (χ1n) is 10.3. The average molecular weight is 471 g/mol. The summed E-state index contributed by atoms with van der Waals surface area (Å²) in [6.07, 6.45) is -0.547. The van der Waals surface area contributed by atoms with Gasteiger partial charge in [-0.15, -0.1) is 0 Å². The summed E-state index contributed by atoms with van der Waals surface area (Å²) in [5, 5.41) is 2.55. The molecule has 10 heteroatoms. The molecule has 10 nitrogen and oxygen atoms in total. The first-order valence-corrected chi connectivity index (χ1v) is 10.3. The predicted octanol–water partition coefficient (Wildman–Crippen LogP) is 2.79. The fourth-order valence-electron chi connectivity index (χ4n) is 3.14. The van der Waals surface area contributed by atoms with Gasteiger partial charge >= 0.3 is 23.9 Å². The summed E-state index contributed by atoms with van der Waals surface area (Å²) in [5.74, 6) is -4.26. The van der Waals surface area contributed by atoms with Gasteiger partial charge in [0.25, 0.3) is 5.91 Å². The molecule has 1 N–H and O–H groups in total. The number of esters is 4. The van der Waals surface area contributed by atoms with Crippen molar-refractivity contribution in [1.82, 2.24) is 0 Å².